The summed E-state index contributed by atoms with van der Waals surface area (Å²) >= 11 is 17.7. The molecule has 130 valence electrons. The summed E-state index contributed by atoms with van der Waals surface area (Å²) in [7, 11) is 0. The van der Waals surface area contributed by atoms with Crippen molar-refractivity contribution in [1.82, 2.24) is 10.9 Å². The minimum atomic E-state index is -0.550. The van der Waals surface area contributed by atoms with Gasteiger partial charge >= 0.3 is 0 Å². The van der Waals surface area contributed by atoms with E-state index in [0.29, 0.717) is 21.4 Å². The third kappa shape index (κ3) is 6.31. The van der Waals surface area contributed by atoms with Gasteiger partial charge in [-0.15, -0.1) is 0 Å². The molecule has 8 heteroatoms. The number of hydrazine groups is 1. The number of carbonyl (C=O) groups excluding carboxylic acids is 2. The molecule has 0 spiro atoms. The van der Waals surface area contributed by atoms with E-state index in [1.54, 1.807) is 36.4 Å². The monoisotopic (exact) mass is 398 g/mol. The van der Waals surface area contributed by atoms with Crippen LogP contribution in [0.5, 0.6) is 5.75 Å². The van der Waals surface area contributed by atoms with E-state index in [0.717, 1.165) is 0 Å². The molecule has 0 saturated carbocycles. The Kier molecular flexibility index (Phi) is 7.13. The lowest BCUT2D eigenvalue weighted by Crippen LogP contribution is -2.43. The highest BCUT2D eigenvalue weighted by atomic mass is 35.5. The van der Waals surface area contributed by atoms with Crippen molar-refractivity contribution in [3.63, 3.8) is 0 Å². The molecule has 25 heavy (non-hydrogen) atoms. The number of nitrogens with one attached hydrogen (secondary N) is 2. The SMILES string of the molecule is O=C(C=Cc1ccccc1Cl)NNC(=O)COc1ccc(Cl)cc1Cl. The molecule has 0 atom stereocenters. The summed E-state index contributed by atoms with van der Waals surface area (Å²) in [6.07, 6.45) is 2.78. The zero-order chi connectivity index (χ0) is 18.2. The van der Waals surface area contributed by atoms with Gasteiger partial charge in [0.2, 0.25) is 0 Å². The normalized spacial score (nSPS) is 10.5. The number of rotatable bonds is 5. The van der Waals surface area contributed by atoms with Gasteiger partial charge in [0.25, 0.3) is 11.8 Å². The van der Waals surface area contributed by atoms with Crippen molar-refractivity contribution < 1.29 is 14.3 Å². The minimum Gasteiger partial charge on any atom is -0.482 e. The fraction of sp³-hybridized carbons (Fsp3) is 0.0588. The average molecular weight is 400 g/mol. The molecular formula is C17H13Cl3N2O3. The first-order chi connectivity index (χ1) is 12.0. The van der Waals surface area contributed by atoms with Crippen molar-refractivity contribution >= 4 is 52.7 Å². The second kappa shape index (κ2) is 9.32. The smallest absolute Gasteiger partial charge is 0.276 e. The Morgan fingerprint density at radius 3 is 2.48 bits per heavy atom. The van der Waals surface area contributed by atoms with E-state index in [1.807, 2.05) is 0 Å². The Hall–Kier alpha value is -2.21. The first-order valence-corrected chi connectivity index (χ1v) is 8.18. The standard InChI is InChI=1S/C17H13Cl3N2O3/c18-12-6-7-15(14(20)9-12)25-10-17(24)22-21-16(23)8-5-11-3-1-2-4-13(11)19/h1-9H,10H2,(H,21,23)(H,22,24). The summed E-state index contributed by atoms with van der Waals surface area (Å²) in [5, 5.41) is 1.26. The lowest BCUT2D eigenvalue weighted by molar-refractivity contribution is -0.128. The van der Waals surface area contributed by atoms with Crippen LogP contribution >= 0.6 is 34.8 Å². The number of benzene rings is 2. The van der Waals surface area contributed by atoms with E-state index in [4.69, 9.17) is 39.5 Å². The number of ether oxygens (including phenoxy) is 1. The second-order valence-corrected chi connectivity index (χ2v) is 6.01. The highest BCUT2D eigenvalue weighted by Gasteiger charge is 2.07. The van der Waals surface area contributed by atoms with Gasteiger partial charge in [-0.2, -0.15) is 0 Å². The van der Waals surface area contributed by atoms with Gasteiger partial charge in [-0.25, -0.2) is 0 Å². The van der Waals surface area contributed by atoms with Crippen LogP contribution < -0.4 is 15.6 Å². The third-order valence-corrected chi connectivity index (χ3v) is 3.77. The van der Waals surface area contributed by atoms with E-state index in [9.17, 15) is 9.59 Å². The molecule has 0 aliphatic heterocycles. The Balaban J connectivity index is 1.77. The molecule has 0 unspecified atom stereocenters. The average Bonchev–Trinajstić information content (AvgIpc) is 2.58. The van der Waals surface area contributed by atoms with Gasteiger partial charge in [0.1, 0.15) is 5.75 Å². The fourth-order valence-electron chi connectivity index (χ4n) is 1.72. The highest BCUT2D eigenvalue weighted by Crippen LogP contribution is 2.27. The third-order valence-electron chi connectivity index (χ3n) is 2.90. The number of halogens is 3. The summed E-state index contributed by atoms with van der Waals surface area (Å²) in [5.74, 6) is -0.755. The van der Waals surface area contributed by atoms with Crippen LogP contribution in [-0.4, -0.2) is 18.4 Å². The van der Waals surface area contributed by atoms with Crippen LogP contribution in [0.15, 0.2) is 48.5 Å². The molecule has 5 nitrogen and oxygen atoms in total. The van der Waals surface area contributed by atoms with Crippen molar-refractivity contribution in [3.05, 3.63) is 69.2 Å². The fourth-order valence-corrected chi connectivity index (χ4v) is 2.38. The Morgan fingerprint density at radius 1 is 1.00 bits per heavy atom. The molecule has 2 amide bonds. The molecule has 0 aliphatic carbocycles. The predicted molar refractivity (Wildman–Crippen MR) is 98.7 cm³/mol. The molecule has 0 fully saturated rings. The maximum absolute atomic E-state index is 11.7. The number of amides is 2. The molecule has 2 aromatic carbocycles. The Bertz CT molecular complexity index is 809. The van der Waals surface area contributed by atoms with Gasteiger partial charge in [-0.3, -0.25) is 20.4 Å². The van der Waals surface area contributed by atoms with Gasteiger partial charge in [-0.1, -0.05) is 53.0 Å². The second-order valence-electron chi connectivity index (χ2n) is 4.76. The van der Waals surface area contributed by atoms with E-state index in [1.165, 1.54) is 18.2 Å². The maximum atomic E-state index is 11.7. The van der Waals surface area contributed by atoms with Crippen LogP contribution in [0.4, 0.5) is 0 Å². The van der Waals surface area contributed by atoms with Crippen molar-refractivity contribution in [2.75, 3.05) is 6.61 Å². The molecule has 0 heterocycles. The summed E-state index contributed by atoms with van der Waals surface area (Å²) in [6.45, 7) is -0.324. The molecule has 0 bridgehead atoms. The molecule has 0 aliphatic rings. The molecule has 2 rings (SSSR count). The molecule has 2 N–H and O–H groups in total. The lowest BCUT2D eigenvalue weighted by atomic mass is 10.2. The Morgan fingerprint density at radius 2 is 1.76 bits per heavy atom. The van der Waals surface area contributed by atoms with Crippen LogP contribution in [0.25, 0.3) is 6.08 Å². The van der Waals surface area contributed by atoms with Gasteiger partial charge in [-0.05, 0) is 35.9 Å². The van der Waals surface area contributed by atoms with E-state index < -0.39 is 11.8 Å². The van der Waals surface area contributed by atoms with Crippen LogP contribution in [0.3, 0.4) is 0 Å². The van der Waals surface area contributed by atoms with Gasteiger partial charge in [0, 0.05) is 16.1 Å². The van der Waals surface area contributed by atoms with Crippen LogP contribution in [0.2, 0.25) is 15.1 Å². The summed E-state index contributed by atoms with van der Waals surface area (Å²) in [4.78, 5) is 23.3. The lowest BCUT2D eigenvalue weighted by Gasteiger charge is -2.09. The molecular weight excluding hydrogens is 387 g/mol. The van der Waals surface area contributed by atoms with Crippen molar-refractivity contribution in [2.45, 2.75) is 0 Å². The first-order valence-electron chi connectivity index (χ1n) is 7.05. The van der Waals surface area contributed by atoms with Crippen LogP contribution in [0, 0.1) is 0 Å². The minimum absolute atomic E-state index is 0.284. The zero-order valence-corrected chi connectivity index (χ0v) is 15.0. The largest absolute Gasteiger partial charge is 0.482 e. The summed E-state index contributed by atoms with van der Waals surface area (Å²) in [6, 6.07) is 11.7. The molecule has 0 radical (unpaired) electrons. The summed E-state index contributed by atoms with van der Waals surface area (Å²) < 4.78 is 5.24. The molecule has 2 aromatic rings. The van der Waals surface area contributed by atoms with Gasteiger partial charge in [0.05, 0.1) is 5.02 Å². The van der Waals surface area contributed by atoms with Gasteiger partial charge < -0.3 is 4.74 Å². The van der Waals surface area contributed by atoms with Crippen LogP contribution in [0.1, 0.15) is 5.56 Å². The van der Waals surface area contributed by atoms with Gasteiger partial charge in [0.15, 0.2) is 6.61 Å². The maximum Gasteiger partial charge on any atom is 0.276 e. The highest BCUT2D eigenvalue weighted by molar-refractivity contribution is 6.35. The molecule has 0 saturated heterocycles. The number of hydrogen-bond acceptors (Lipinski definition) is 3. The van der Waals surface area contributed by atoms with E-state index in [2.05, 4.69) is 10.9 Å². The topological polar surface area (TPSA) is 67.4 Å². The quantitative estimate of drug-likeness (QED) is 0.592. The molecule has 0 aromatic heterocycles. The summed E-state index contributed by atoms with van der Waals surface area (Å²) in [5.41, 5.74) is 5.13. The van der Waals surface area contributed by atoms with Crippen LogP contribution in [-0.2, 0) is 9.59 Å². The zero-order valence-electron chi connectivity index (χ0n) is 12.8. The predicted octanol–water partition coefficient (Wildman–Crippen LogP) is 3.89. The van der Waals surface area contributed by atoms with Crippen molar-refractivity contribution in [3.8, 4) is 5.75 Å². The first kappa shape index (κ1) is 19.1. The number of carbonyl (C=O) groups is 2. The number of hydrogen-bond donors (Lipinski definition) is 2. The van der Waals surface area contributed by atoms with Crippen molar-refractivity contribution in [2.24, 2.45) is 0 Å². The van der Waals surface area contributed by atoms with E-state index in [-0.39, 0.29) is 11.6 Å². The Labute approximate surface area is 159 Å². The van der Waals surface area contributed by atoms with E-state index >= 15 is 0 Å². The van der Waals surface area contributed by atoms with Crippen molar-refractivity contribution in [1.29, 1.82) is 0 Å².